The van der Waals surface area contributed by atoms with Gasteiger partial charge in [-0.05, 0) is 60.2 Å². The van der Waals surface area contributed by atoms with Crippen LogP contribution in [0.1, 0.15) is 41.6 Å². The SMILES string of the molecule is COc1ccc(CNC(=O)c2cccc(OCc3nnnn3C(C)C)c2)cc1OC. The van der Waals surface area contributed by atoms with Crippen LogP contribution in [0.3, 0.4) is 0 Å². The van der Waals surface area contributed by atoms with Crippen LogP contribution in [0.4, 0.5) is 0 Å². The zero-order chi connectivity index (χ0) is 21.5. The fraction of sp³-hybridized carbons (Fsp3) is 0.333. The molecule has 1 N–H and O–H groups in total. The van der Waals surface area contributed by atoms with E-state index >= 15 is 0 Å². The highest BCUT2D eigenvalue weighted by atomic mass is 16.5. The molecule has 2 aromatic carbocycles. The first-order valence-corrected chi connectivity index (χ1v) is 9.50. The lowest BCUT2D eigenvalue weighted by molar-refractivity contribution is 0.0950. The topological polar surface area (TPSA) is 100 Å². The maximum absolute atomic E-state index is 12.6. The van der Waals surface area contributed by atoms with Crippen molar-refractivity contribution in [2.24, 2.45) is 0 Å². The number of ether oxygens (including phenoxy) is 3. The molecule has 3 rings (SSSR count). The summed E-state index contributed by atoms with van der Waals surface area (Å²) in [6, 6.07) is 12.6. The molecule has 0 atom stereocenters. The van der Waals surface area contributed by atoms with Crippen molar-refractivity contribution in [1.82, 2.24) is 25.5 Å². The second kappa shape index (κ2) is 9.73. The van der Waals surface area contributed by atoms with E-state index in [1.807, 2.05) is 26.0 Å². The van der Waals surface area contributed by atoms with E-state index in [0.717, 1.165) is 5.56 Å². The van der Waals surface area contributed by atoms with Crippen molar-refractivity contribution in [3.05, 3.63) is 59.4 Å². The molecule has 0 saturated carbocycles. The summed E-state index contributed by atoms with van der Waals surface area (Å²) in [6.45, 7) is 4.54. The number of nitrogens with zero attached hydrogens (tertiary/aromatic N) is 4. The third-order valence-corrected chi connectivity index (χ3v) is 4.42. The third-order valence-electron chi connectivity index (χ3n) is 4.42. The van der Waals surface area contributed by atoms with Gasteiger partial charge in [0.15, 0.2) is 17.3 Å². The largest absolute Gasteiger partial charge is 0.493 e. The Kier molecular flexibility index (Phi) is 6.84. The van der Waals surface area contributed by atoms with E-state index in [1.54, 1.807) is 49.2 Å². The predicted molar refractivity (Wildman–Crippen MR) is 110 cm³/mol. The molecule has 30 heavy (non-hydrogen) atoms. The highest BCUT2D eigenvalue weighted by molar-refractivity contribution is 5.94. The van der Waals surface area contributed by atoms with Crippen molar-refractivity contribution < 1.29 is 19.0 Å². The second-order valence-electron chi connectivity index (χ2n) is 6.82. The Morgan fingerprint density at radius 2 is 1.90 bits per heavy atom. The number of hydrogen-bond acceptors (Lipinski definition) is 7. The van der Waals surface area contributed by atoms with E-state index in [-0.39, 0.29) is 18.6 Å². The fourth-order valence-electron chi connectivity index (χ4n) is 2.86. The summed E-state index contributed by atoms with van der Waals surface area (Å²) in [5.74, 6) is 2.23. The summed E-state index contributed by atoms with van der Waals surface area (Å²) in [4.78, 5) is 12.6. The van der Waals surface area contributed by atoms with Crippen LogP contribution in [0, 0.1) is 0 Å². The van der Waals surface area contributed by atoms with Gasteiger partial charge in [0, 0.05) is 12.1 Å². The van der Waals surface area contributed by atoms with Crippen LogP contribution in [-0.2, 0) is 13.2 Å². The van der Waals surface area contributed by atoms with Crippen molar-refractivity contribution in [2.75, 3.05) is 14.2 Å². The number of carbonyl (C=O) groups excluding carboxylic acids is 1. The highest BCUT2D eigenvalue weighted by Gasteiger charge is 2.12. The molecule has 0 spiro atoms. The minimum absolute atomic E-state index is 0.132. The third kappa shape index (κ3) is 5.05. The number of hydrogen-bond donors (Lipinski definition) is 1. The number of rotatable bonds is 9. The number of benzene rings is 2. The lowest BCUT2D eigenvalue weighted by Crippen LogP contribution is -2.22. The van der Waals surface area contributed by atoms with Gasteiger partial charge in [-0.15, -0.1) is 5.10 Å². The lowest BCUT2D eigenvalue weighted by atomic mass is 10.1. The minimum atomic E-state index is -0.206. The number of nitrogens with one attached hydrogen (secondary N) is 1. The summed E-state index contributed by atoms with van der Waals surface area (Å²) in [7, 11) is 3.16. The van der Waals surface area contributed by atoms with E-state index in [4.69, 9.17) is 14.2 Å². The van der Waals surface area contributed by atoms with Crippen LogP contribution in [0.25, 0.3) is 0 Å². The van der Waals surface area contributed by atoms with Gasteiger partial charge in [-0.1, -0.05) is 12.1 Å². The second-order valence-corrected chi connectivity index (χ2v) is 6.82. The smallest absolute Gasteiger partial charge is 0.251 e. The molecule has 0 radical (unpaired) electrons. The molecule has 9 heteroatoms. The van der Waals surface area contributed by atoms with E-state index in [0.29, 0.717) is 35.2 Å². The summed E-state index contributed by atoms with van der Waals surface area (Å²) >= 11 is 0. The molecular formula is C21H25N5O4. The Morgan fingerprint density at radius 3 is 2.63 bits per heavy atom. The van der Waals surface area contributed by atoms with E-state index in [2.05, 4.69) is 20.8 Å². The lowest BCUT2D eigenvalue weighted by Gasteiger charge is -2.11. The molecule has 3 aromatic rings. The number of tetrazole rings is 1. The van der Waals surface area contributed by atoms with Crippen LogP contribution in [0.2, 0.25) is 0 Å². The van der Waals surface area contributed by atoms with Crippen LogP contribution in [0.5, 0.6) is 17.2 Å². The molecule has 0 bridgehead atoms. The molecule has 0 fully saturated rings. The number of carbonyl (C=O) groups is 1. The molecule has 1 heterocycles. The molecule has 1 amide bonds. The van der Waals surface area contributed by atoms with E-state index < -0.39 is 0 Å². The van der Waals surface area contributed by atoms with Crippen molar-refractivity contribution in [3.63, 3.8) is 0 Å². The normalized spacial score (nSPS) is 10.7. The van der Waals surface area contributed by atoms with Gasteiger partial charge >= 0.3 is 0 Å². The number of amides is 1. The van der Waals surface area contributed by atoms with Gasteiger partial charge in [0.2, 0.25) is 0 Å². The molecule has 0 saturated heterocycles. The Morgan fingerprint density at radius 1 is 1.10 bits per heavy atom. The quantitative estimate of drug-likeness (QED) is 0.578. The Bertz CT molecular complexity index is 1000. The van der Waals surface area contributed by atoms with Crippen LogP contribution < -0.4 is 19.5 Å². The Balaban J connectivity index is 1.61. The Labute approximate surface area is 175 Å². The summed E-state index contributed by atoms with van der Waals surface area (Å²) < 4.78 is 18.0. The fourth-order valence-corrected chi connectivity index (χ4v) is 2.86. The summed E-state index contributed by atoms with van der Waals surface area (Å²) in [5.41, 5.74) is 1.39. The van der Waals surface area contributed by atoms with Gasteiger partial charge in [-0.25, -0.2) is 4.68 Å². The van der Waals surface area contributed by atoms with Gasteiger partial charge in [-0.3, -0.25) is 4.79 Å². The monoisotopic (exact) mass is 411 g/mol. The van der Waals surface area contributed by atoms with Gasteiger partial charge in [0.05, 0.1) is 20.3 Å². The van der Waals surface area contributed by atoms with Gasteiger partial charge < -0.3 is 19.5 Å². The molecule has 1 aromatic heterocycles. The van der Waals surface area contributed by atoms with Crippen LogP contribution >= 0.6 is 0 Å². The Hall–Kier alpha value is -3.62. The predicted octanol–water partition coefficient (Wildman–Crippen LogP) is 2.78. The number of methoxy groups -OCH3 is 2. The van der Waals surface area contributed by atoms with Crippen LogP contribution in [-0.4, -0.2) is 40.3 Å². The standard InChI is InChI=1S/C21H25N5O4/c1-14(2)26-20(23-24-25-26)13-30-17-7-5-6-16(11-17)21(27)22-12-15-8-9-18(28-3)19(10-15)29-4/h5-11,14H,12-13H2,1-4H3,(H,22,27). The summed E-state index contributed by atoms with van der Waals surface area (Å²) in [6.07, 6.45) is 0. The summed E-state index contributed by atoms with van der Waals surface area (Å²) in [5, 5.41) is 14.5. The van der Waals surface area contributed by atoms with E-state index in [1.165, 1.54) is 0 Å². The van der Waals surface area contributed by atoms with Crippen molar-refractivity contribution in [1.29, 1.82) is 0 Å². The van der Waals surface area contributed by atoms with Crippen molar-refractivity contribution in [3.8, 4) is 17.2 Å². The van der Waals surface area contributed by atoms with Gasteiger partial charge in [0.25, 0.3) is 5.91 Å². The van der Waals surface area contributed by atoms with E-state index in [9.17, 15) is 4.79 Å². The molecule has 0 aliphatic rings. The van der Waals surface area contributed by atoms with Gasteiger partial charge in [-0.2, -0.15) is 0 Å². The highest BCUT2D eigenvalue weighted by Crippen LogP contribution is 2.27. The van der Waals surface area contributed by atoms with Crippen molar-refractivity contribution in [2.45, 2.75) is 33.0 Å². The maximum atomic E-state index is 12.6. The maximum Gasteiger partial charge on any atom is 0.251 e. The molecular weight excluding hydrogens is 386 g/mol. The first-order chi connectivity index (χ1) is 14.5. The zero-order valence-corrected chi connectivity index (χ0v) is 17.5. The molecule has 0 aliphatic heterocycles. The molecule has 158 valence electrons. The molecule has 9 nitrogen and oxygen atoms in total. The average Bonchev–Trinajstić information content (AvgIpc) is 3.25. The first kappa shape index (κ1) is 21.1. The molecule has 0 aliphatic carbocycles. The minimum Gasteiger partial charge on any atom is -0.493 e. The van der Waals surface area contributed by atoms with Gasteiger partial charge in [0.1, 0.15) is 12.4 Å². The molecule has 0 unspecified atom stereocenters. The van der Waals surface area contributed by atoms with Crippen molar-refractivity contribution >= 4 is 5.91 Å². The number of aromatic nitrogens is 4. The zero-order valence-electron chi connectivity index (χ0n) is 17.5. The first-order valence-electron chi connectivity index (χ1n) is 9.50. The average molecular weight is 411 g/mol. The van der Waals surface area contributed by atoms with Crippen LogP contribution in [0.15, 0.2) is 42.5 Å².